The van der Waals surface area contributed by atoms with Crippen LogP contribution in [0.2, 0.25) is 0 Å². The van der Waals surface area contributed by atoms with Gasteiger partial charge in [0.25, 0.3) is 5.91 Å². The van der Waals surface area contributed by atoms with E-state index in [1.54, 1.807) is 25.2 Å². The Morgan fingerprint density at radius 2 is 2.00 bits per heavy atom. The maximum atomic E-state index is 12.6. The predicted molar refractivity (Wildman–Crippen MR) is 103 cm³/mol. The summed E-state index contributed by atoms with van der Waals surface area (Å²) in [6.07, 6.45) is 4.64. The summed E-state index contributed by atoms with van der Waals surface area (Å²) in [7, 11) is 3.47. The van der Waals surface area contributed by atoms with E-state index in [1.165, 1.54) is 0 Å². The molecule has 3 aliphatic heterocycles. The van der Waals surface area contributed by atoms with Crippen LogP contribution < -0.4 is 15.5 Å². The van der Waals surface area contributed by atoms with Crippen molar-refractivity contribution in [3.63, 3.8) is 0 Å². The Hall–Kier alpha value is -2.35. The zero-order valence-electron chi connectivity index (χ0n) is 16.0. The van der Waals surface area contributed by atoms with Crippen LogP contribution in [0.1, 0.15) is 29.6 Å². The fourth-order valence-electron chi connectivity index (χ4n) is 4.49. The second kappa shape index (κ2) is 7.34. The van der Waals surface area contributed by atoms with Crippen LogP contribution in [0.5, 0.6) is 0 Å². The Labute approximate surface area is 159 Å². The summed E-state index contributed by atoms with van der Waals surface area (Å²) in [6.45, 7) is 3.59. The molecule has 0 saturated carbocycles. The van der Waals surface area contributed by atoms with Gasteiger partial charge >= 0.3 is 6.03 Å². The minimum atomic E-state index is -0.0478. The lowest BCUT2D eigenvalue weighted by atomic mass is 9.96. The van der Waals surface area contributed by atoms with Gasteiger partial charge in [0.15, 0.2) is 0 Å². The van der Waals surface area contributed by atoms with E-state index in [2.05, 4.69) is 25.4 Å². The fraction of sp³-hybridized carbons (Fsp3) is 0.632. The van der Waals surface area contributed by atoms with Gasteiger partial charge in [0.05, 0.1) is 17.6 Å². The number of urea groups is 1. The molecule has 8 nitrogen and oxygen atoms in total. The molecule has 0 aromatic carbocycles. The molecule has 2 atom stereocenters. The number of hydrogen-bond donors (Lipinski definition) is 2. The molecule has 1 aromatic rings. The number of aromatic nitrogens is 1. The first-order valence-corrected chi connectivity index (χ1v) is 9.77. The van der Waals surface area contributed by atoms with E-state index in [4.69, 9.17) is 0 Å². The molecule has 3 fully saturated rings. The lowest BCUT2D eigenvalue weighted by Crippen LogP contribution is -2.54. The summed E-state index contributed by atoms with van der Waals surface area (Å²) in [5.41, 5.74) is 0.588. The zero-order valence-corrected chi connectivity index (χ0v) is 16.0. The number of fused-ring (bicyclic) bond motifs is 1. The predicted octanol–water partition coefficient (Wildman–Crippen LogP) is 0.508. The largest absolute Gasteiger partial charge is 0.354 e. The van der Waals surface area contributed by atoms with Gasteiger partial charge in [-0.15, -0.1) is 0 Å². The van der Waals surface area contributed by atoms with Crippen LogP contribution in [0.15, 0.2) is 18.3 Å². The average molecular weight is 372 g/mol. The highest BCUT2D eigenvalue weighted by molar-refractivity contribution is 5.93. The third kappa shape index (κ3) is 3.45. The monoisotopic (exact) mass is 372 g/mol. The molecule has 3 saturated heterocycles. The maximum Gasteiger partial charge on any atom is 0.318 e. The molecule has 0 aliphatic carbocycles. The molecule has 3 amide bonds. The standard InChI is InChI=1S/C19H28N6O2/c1-23(2)18(26)13-3-4-17(21-11-13)24-10-7-16-15(12-24)22-19(27)25(16)14-5-8-20-9-6-14/h3-4,11,14-16,20H,5-10,12H2,1-2H3,(H,22,27). The van der Waals surface area contributed by atoms with Crippen LogP contribution in [0, 0.1) is 0 Å². The molecular weight excluding hydrogens is 344 g/mol. The minimum Gasteiger partial charge on any atom is -0.354 e. The molecule has 0 bridgehead atoms. The molecule has 3 aliphatic rings. The molecule has 1 aromatic heterocycles. The Kier molecular flexibility index (Phi) is 4.90. The van der Waals surface area contributed by atoms with Gasteiger partial charge in [-0.3, -0.25) is 4.79 Å². The van der Waals surface area contributed by atoms with Crippen molar-refractivity contribution < 1.29 is 9.59 Å². The minimum absolute atomic E-state index is 0.0478. The van der Waals surface area contributed by atoms with E-state index in [-0.39, 0.29) is 24.0 Å². The van der Waals surface area contributed by atoms with Gasteiger partial charge < -0.3 is 25.3 Å². The third-order valence-corrected chi connectivity index (χ3v) is 5.90. The highest BCUT2D eigenvalue weighted by Gasteiger charge is 2.45. The number of anilines is 1. The Morgan fingerprint density at radius 1 is 1.22 bits per heavy atom. The third-order valence-electron chi connectivity index (χ3n) is 5.90. The van der Waals surface area contributed by atoms with E-state index in [0.717, 1.165) is 51.3 Å². The van der Waals surface area contributed by atoms with E-state index in [1.807, 2.05) is 12.1 Å². The van der Waals surface area contributed by atoms with Gasteiger partial charge in [-0.2, -0.15) is 0 Å². The van der Waals surface area contributed by atoms with Gasteiger partial charge in [0.2, 0.25) is 0 Å². The van der Waals surface area contributed by atoms with Gasteiger partial charge in [0, 0.05) is 39.4 Å². The summed E-state index contributed by atoms with van der Waals surface area (Å²) >= 11 is 0. The summed E-state index contributed by atoms with van der Waals surface area (Å²) < 4.78 is 0. The molecule has 0 radical (unpaired) electrons. The summed E-state index contributed by atoms with van der Waals surface area (Å²) in [4.78, 5) is 35.0. The van der Waals surface area contributed by atoms with Gasteiger partial charge in [-0.05, 0) is 44.5 Å². The summed E-state index contributed by atoms with van der Waals surface area (Å²) in [6, 6.07) is 4.56. The van der Waals surface area contributed by atoms with Crippen molar-refractivity contribution >= 4 is 17.8 Å². The molecule has 27 heavy (non-hydrogen) atoms. The van der Waals surface area contributed by atoms with Crippen molar-refractivity contribution in [2.45, 2.75) is 37.4 Å². The number of carbonyl (C=O) groups is 2. The molecule has 146 valence electrons. The van der Waals surface area contributed by atoms with Crippen molar-refractivity contribution in [3.05, 3.63) is 23.9 Å². The normalized spacial score (nSPS) is 25.9. The van der Waals surface area contributed by atoms with Crippen molar-refractivity contribution in [3.8, 4) is 0 Å². The number of piperidine rings is 2. The van der Waals surface area contributed by atoms with Crippen LogP contribution >= 0.6 is 0 Å². The van der Waals surface area contributed by atoms with E-state index in [9.17, 15) is 9.59 Å². The first-order valence-electron chi connectivity index (χ1n) is 9.77. The number of carbonyl (C=O) groups excluding carboxylic acids is 2. The molecular formula is C19H28N6O2. The second-order valence-electron chi connectivity index (χ2n) is 7.85. The quantitative estimate of drug-likeness (QED) is 0.808. The maximum absolute atomic E-state index is 12.6. The topological polar surface area (TPSA) is 80.8 Å². The number of hydrogen-bond acceptors (Lipinski definition) is 5. The van der Waals surface area contributed by atoms with Crippen LogP contribution in [-0.2, 0) is 0 Å². The Morgan fingerprint density at radius 3 is 2.67 bits per heavy atom. The Balaban J connectivity index is 1.43. The zero-order chi connectivity index (χ0) is 19.0. The number of rotatable bonds is 3. The lowest BCUT2D eigenvalue weighted by Gasteiger charge is -2.40. The van der Waals surface area contributed by atoms with E-state index < -0.39 is 0 Å². The number of nitrogens with one attached hydrogen (secondary N) is 2. The van der Waals surface area contributed by atoms with Crippen LogP contribution in [0.4, 0.5) is 10.6 Å². The number of pyridine rings is 1. The smallest absolute Gasteiger partial charge is 0.318 e. The highest BCUT2D eigenvalue weighted by atomic mass is 16.2. The van der Waals surface area contributed by atoms with E-state index in [0.29, 0.717) is 11.6 Å². The molecule has 2 N–H and O–H groups in total. The van der Waals surface area contributed by atoms with Crippen LogP contribution in [-0.4, -0.2) is 85.1 Å². The van der Waals surface area contributed by atoms with Gasteiger partial charge in [-0.1, -0.05) is 0 Å². The van der Waals surface area contributed by atoms with Crippen molar-refractivity contribution in [1.29, 1.82) is 0 Å². The SMILES string of the molecule is CN(C)C(=O)c1ccc(N2CCC3C(C2)NC(=O)N3C2CCNCC2)nc1. The first kappa shape index (κ1) is 18.0. The average Bonchev–Trinajstić information content (AvgIpc) is 3.03. The van der Waals surface area contributed by atoms with Crippen molar-refractivity contribution in [2.24, 2.45) is 0 Å². The highest BCUT2D eigenvalue weighted by Crippen LogP contribution is 2.29. The molecule has 2 unspecified atom stereocenters. The summed E-state index contributed by atoms with van der Waals surface area (Å²) in [5, 5.41) is 6.55. The van der Waals surface area contributed by atoms with Crippen LogP contribution in [0.25, 0.3) is 0 Å². The van der Waals surface area contributed by atoms with Crippen LogP contribution in [0.3, 0.4) is 0 Å². The van der Waals surface area contributed by atoms with Crippen molar-refractivity contribution in [1.82, 2.24) is 25.4 Å². The number of nitrogens with zero attached hydrogens (tertiary/aromatic N) is 4. The van der Waals surface area contributed by atoms with E-state index >= 15 is 0 Å². The number of amides is 3. The van der Waals surface area contributed by atoms with Crippen molar-refractivity contribution in [2.75, 3.05) is 45.2 Å². The Bertz CT molecular complexity index is 701. The molecule has 4 rings (SSSR count). The fourth-order valence-corrected chi connectivity index (χ4v) is 4.49. The second-order valence-corrected chi connectivity index (χ2v) is 7.85. The van der Waals surface area contributed by atoms with Gasteiger partial charge in [-0.25, -0.2) is 9.78 Å². The molecule has 0 spiro atoms. The molecule has 8 heteroatoms. The van der Waals surface area contributed by atoms with Gasteiger partial charge in [0.1, 0.15) is 5.82 Å². The summed E-state index contributed by atoms with van der Waals surface area (Å²) in [5.74, 6) is 0.812. The lowest BCUT2D eigenvalue weighted by molar-refractivity contribution is 0.0827. The molecule has 4 heterocycles. The first-order chi connectivity index (χ1) is 13.0.